The minimum absolute atomic E-state index is 0.160. The highest BCUT2D eigenvalue weighted by molar-refractivity contribution is 7.15. The van der Waals surface area contributed by atoms with Crippen molar-refractivity contribution in [1.82, 2.24) is 9.88 Å². The van der Waals surface area contributed by atoms with Crippen molar-refractivity contribution in [3.63, 3.8) is 0 Å². The molecule has 2 aromatic heterocycles. The van der Waals surface area contributed by atoms with Crippen LogP contribution in [0.2, 0.25) is 0 Å². The van der Waals surface area contributed by atoms with Crippen LogP contribution in [-0.2, 0) is 9.53 Å². The van der Waals surface area contributed by atoms with Crippen molar-refractivity contribution in [1.29, 1.82) is 0 Å². The van der Waals surface area contributed by atoms with Gasteiger partial charge in [0.15, 0.2) is 10.8 Å². The van der Waals surface area contributed by atoms with Crippen LogP contribution in [0.5, 0.6) is 0 Å². The molecule has 21 heavy (non-hydrogen) atoms. The lowest BCUT2D eigenvalue weighted by molar-refractivity contribution is -0.140. The molecule has 0 spiro atoms. The molecule has 7 heteroatoms. The lowest BCUT2D eigenvalue weighted by atomic mass is 10.3. The number of aromatic nitrogens is 1. The lowest BCUT2D eigenvalue weighted by Crippen LogP contribution is -2.30. The van der Waals surface area contributed by atoms with E-state index >= 15 is 0 Å². The number of carbonyl (C=O) groups excluding carboxylic acids is 2. The Morgan fingerprint density at radius 1 is 1.48 bits per heavy atom. The van der Waals surface area contributed by atoms with Crippen LogP contribution in [0.15, 0.2) is 22.8 Å². The van der Waals surface area contributed by atoms with Gasteiger partial charge in [-0.05, 0) is 19.1 Å². The van der Waals surface area contributed by atoms with Crippen LogP contribution < -0.4 is 0 Å². The molecule has 0 aliphatic heterocycles. The van der Waals surface area contributed by atoms with E-state index in [0.29, 0.717) is 23.0 Å². The fraction of sp³-hybridized carbons (Fsp3) is 0.357. The SMILES string of the molecule is COC(=O)CCN(C)C(=O)c1nc(-c2ccco2)sc1C. The third-order valence-corrected chi connectivity index (χ3v) is 3.94. The zero-order valence-corrected chi connectivity index (χ0v) is 12.9. The number of ether oxygens (including phenoxy) is 1. The van der Waals surface area contributed by atoms with Gasteiger partial charge in [-0.3, -0.25) is 9.59 Å². The van der Waals surface area contributed by atoms with Crippen molar-refractivity contribution in [3.8, 4) is 10.8 Å². The van der Waals surface area contributed by atoms with Crippen LogP contribution in [0, 0.1) is 6.92 Å². The molecule has 0 aromatic carbocycles. The summed E-state index contributed by atoms with van der Waals surface area (Å²) >= 11 is 1.40. The summed E-state index contributed by atoms with van der Waals surface area (Å²) in [4.78, 5) is 30.1. The first kappa shape index (κ1) is 15.2. The van der Waals surface area contributed by atoms with Crippen LogP contribution in [0.25, 0.3) is 10.8 Å². The molecule has 0 aliphatic carbocycles. The van der Waals surface area contributed by atoms with E-state index in [9.17, 15) is 9.59 Å². The summed E-state index contributed by atoms with van der Waals surface area (Å²) in [6, 6.07) is 3.57. The Morgan fingerprint density at radius 2 is 2.24 bits per heavy atom. The molecule has 0 saturated carbocycles. The van der Waals surface area contributed by atoms with E-state index in [4.69, 9.17) is 4.42 Å². The molecule has 112 valence electrons. The van der Waals surface area contributed by atoms with Gasteiger partial charge in [0.05, 0.1) is 19.8 Å². The average Bonchev–Trinajstić information content (AvgIpc) is 3.12. The fourth-order valence-corrected chi connectivity index (χ4v) is 2.62. The number of esters is 1. The first-order chi connectivity index (χ1) is 10.0. The smallest absolute Gasteiger partial charge is 0.307 e. The van der Waals surface area contributed by atoms with E-state index < -0.39 is 0 Å². The maximum absolute atomic E-state index is 12.3. The summed E-state index contributed by atoms with van der Waals surface area (Å²) in [7, 11) is 2.96. The van der Waals surface area contributed by atoms with E-state index in [1.54, 1.807) is 25.4 Å². The predicted octanol–water partition coefficient (Wildman–Crippen LogP) is 2.35. The quantitative estimate of drug-likeness (QED) is 0.793. The standard InChI is InChI=1S/C14H16N2O4S/c1-9-12(14(18)16(2)7-6-11(17)19-3)15-13(21-9)10-5-4-8-20-10/h4-5,8H,6-7H2,1-3H3. The van der Waals surface area contributed by atoms with Crippen LogP contribution in [0.4, 0.5) is 0 Å². The normalized spacial score (nSPS) is 10.4. The molecule has 0 N–H and O–H groups in total. The van der Waals surface area contributed by atoms with Gasteiger partial charge < -0.3 is 14.1 Å². The highest BCUT2D eigenvalue weighted by atomic mass is 32.1. The summed E-state index contributed by atoms with van der Waals surface area (Å²) in [6.07, 6.45) is 1.73. The van der Waals surface area contributed by atoms with Crippen molar-refractivity contribution >= 4 is 23.2 Å². The van der Waals surface area contributed by atoms with E-state index in [1.807, 2.05) is 6.92 Å². The first-order valence-electron chi connectivity index (χ1n) is 6.36. The summed E-state index contributed by atoms with van der Waals surface area (Å²) in [5.74, 6) is 0.0748. The largest absolute Gasteiger partial charge is 0.469 e. The first-order valence-corrected chi connectivity index (χ1v) is 7.18. The molecule has 0 unspecified atom stereocenters. The van der Waals surface area contributed by atoms with Crippen LogP contribution in [0.1, 0.15) is 21.8 Å². The summed E-state index contributed by atoms with van der Waals surface area (Å²) < 4.78 is 9.84. The Balaban J connectivity index is 2.10. The van der Waals surface area contributed by atoms with Gasteiger partial charge in [-0.15, -0.1) is 11.3 Å². The molecular formula is C14H16N2O4S. The molecule has 0 bridgehead atoms. The summed E-state index contributed by atoms with van der Waals surface area (Å²) in [5.41, 5.74) is 0.388. The van der Waals surface area contributed by atoms with Gasteiger partial charge >= 0.3 is 5.97 Å². The second-order valence-corrected chi connectivity index (χ2v) is 5.66. The number of thiazole rings is 1. The van der Waals surface area contributed by atoms with Gasteiger partial charge in [0.1, 0.15) is 5.69 Å². The number of nitrogens with zero attached hydrogens (tertiary/aromatic N) is 2. The molecule has 2 rings (SSSR count). The number of amides is 1. The fourth-order valence-electron chi connectivity index (χ4n) is 1.74. The minimum Gasteiger partial charge on any atom is -0.469 e. The van der Waals surface area contributed by atoms with Crippen molar-refractivity contribution < 1.29 is 18.7 Å². The molecule has 0 atom stereocenters. The van der Waals surface area contributed by atoms with Crippen molar-refractivity contribution in [2.75, 3.05) is 20.7 Å². The van der Waals surface area contributed by atoms with E-state index in [2.05, 4.69) is 9.72 Å². The van der Waals surface area contributed by atoms with Crippen LogP contribution in [0.3, 0.4) is 0 Å². The lowest BCUT2D eigenvalue weighted by Gasteiger charge is -2.15. The third-order valence-electron chi connectivity index (χ3n) is 2.96. The molecule has 1 amide bonds. The number of rotatable bonds is 5. The molecule has 0 saturated heterocycles. The zero-order chi connectivity index (χ0) is 15.4. The van der Waals surface area contributed by atoms with Crippen molar-refractivity contribution in [2.24, 2.45) is 0 Å². The van der Waals surface area contributed by atoms with Crippen LogP contribution in [-0.4, -0.2) is 42.5 Å². The third kappa shape index (κ3) is 3.49. The Labute approximate surface area is 126 Å². The topological polar surface area (TPSA) is 72.6 Å². The molecule has 0 fully saturated rings. The Kier molecular flexibility index (Phi) is 4.74. The molecule has 0 radical (unpaired) electrons. The van der Waals surface area contributed by atoms with Gasteiger partial charge in [0, 0.05) is 18.5 Å². The number of furan rings is 1. The molecule has 2 aromatic rings. The average molecular weight is 308 g/mol. The van der Waals surface area contributed by atoms with E-state index in [-0.39, 0.29) is 18.3 Å². The highest BCUT2D eigenvalue weighted by Crippen LogP contribution is 2.28. The number of methoxy groups -OCH3 is 1. The molecular weight excluding hydrogens is 292 g/mol. The van der Waals surface area contributed by atoms with E-state index in [0.717, 1.165) is 4.88 Å². The molecule has 0 aliphatic rings. The Bertz CT molecular complexity index is 633. The maximum atomic E-state index is 12.3. The second kappa shape index (κ2) is 6.53. The van der Waals surface area contributed by atoms with Gasteiger partial charge in [-0.2, -0.15) is 0 Å². The highest BCUT2D eigenvalue weighted by Gasteiger charge is 2.21. The van der Waals surface area contributed by atoms with Gasteiger partial charge in [-0.25, -0.2) is 4.98 Å². The Morgan fingerprint density at radius 3 is 2.86 bits per heavy atom. The summed E-state index contributed by atoms with van der Waals surface area (Å²) in [6.45, 7) is 2.13. The van der Waals surface area contributed by atoms with Gasteiger partial charge in [0.25, 0.3) is 5.91 Å². The number of hydrogen-bond donors (Lipinski definition) is 0. The van der Waals surface area contributed by atoms with Crippen molar-refractivity contribution in [2.45, 2.75) is 13.3 Å². The number of hydrogen-bond acceptors (Lipinski definition) is 6. The van der Waals surface area contributed by atoms with Crippen molar-refractivity contribution in [3.05, 3.63) is 29.0 Å². The second-order valence-electron chi connectivity index (χ2n) is 4.45. The monoisotopic (exact) mass is 308 g/mol. The number of carbonyl (C=O) groups is 2. The maximum Gasteiger partial charge on any atom is 0.307 e. The minimum atomic E-state index is -0.346. The van der Waals surface area contributed by atoms with E-state index in [1.165, 1.54) is 23.3 Å². The van der Waals surface area contributed by atoms with Gasteiger partial charge in [-0.1, -0.05) is 0 Å². The molecule has 6 nitrogen and oxygen atoms in total. The summed E-state index contributed by atoms with van der Waals surface area (Å²) in [5, 5.41) is 0.669. The molecule has 2 heterocycles. The van der Waals surface area contributed by atoms with Crippen LogP contribution >= 0.6 is 11.3 Å². The predicted molar refractivity (Wildman–Crippen MR) is 78.1 cm³/mol. The zero-order valence-electron chi connectivity index (χ0n) is 12.1. The Hall–Kier alpha value is -2.15. The van der Waals surface area contributed by atoms with Gasteiger partial charge in [0.2, 0.25) is 0 Å². The number of aryl methyl sites for hydroxylation is 1.